The standard InChI is InChI=1S/C10H16O3/c1-6-4-12-10-8(3-7(2)11)5-13-9(6)10/h6,8-10H,3-5H2,1-2H3. The van der Waals surface area contributed by atoms with Crippen LogP contribution in [-0.4, -0.2) is 31.2 Å². The fourth-order valence-corrected chi connectivity index (χ4v) is 2.31. The molecule has 2 heterocycles. The van der Waals surface area contributed by atoms with Crippen molar-refractivity contribution in [2.75, 3.05) is 13.2 Å². The van der Waals surface area contributed by atoms with E-state index in [9.17, 15) is 4.79 Å². The van der Waals surface area contributed by atoms with Gasteiger partial charge in [-0.15, -0.1) is 0 Å². The molecule has 3 heteroatoms. The van der Waals surface area contributed by atoms with E-state index in [0.29, 0.717) is 24.9 Å². The molecule has 0 amide bonds. The van der Waals surface area contributed by atoms with Crippen molar-refractivity contribution in [2.45, 2.75) is 32.5 Å². The number of fused-ring (bicyclic) bond motifs is 1. The summed E-state index contributed by atoms with van der Waals surface area (Å²) in [5.41, 5.74) is 0. The molecule has 0 bridgehead atoms. The maximum Gasteiger partial charge on any atom is 0.130 e. The van der Waals surface area contributed by atoms with Crippen LogP contribution >= 0.6 is 0 Å². The predicted molar refractivity (Wildman–Crippen MR) is 47.4 cm³/mol. The first-order chi connectivity index (χ1) is 6.18. The van der Waals surface area contributed by atoms with E-state index in [1.54, 1.807) is 6.92 Å². The van der Waals surface area contributed by atoms with Crippen LogP contribution in [0.2, 0.25) is 0 Å². The van der Waals surface area contributed by atoms with Crippen molar-refractivity contribution < 1.29 is 14.3 Å². The predicted octanol–water partition coefficient (Wildman–Crippen LogP) is 1.02. The molecule has 0 aromatic heterocycles. The van der Waals surface area contributed by atoms with Crippen LogP contribution in [0.25, 0.3) is 0 Å². The summed E-state index contributed by atoms with van der Waals surface area (Å²) in [5.74, 6) is 1.02. The highest BCUT2D eigenvalue weighted by Crippen LogP contribution is 2.35. The summed E-state index contributed by atoms with van der Waals surface area (Å²) in [6.45, 7) is 5.25. The Morgan fingerprint density at radius 2 is 2.00 bits per heavy atom. The van der Waals surface area contributed by atoms with Gasteiger partial charge in [-0.1, -0.05) is 6.92 Å². The lowest BCUT2D eigenvalue weighted by atomic mass is 9.94. The highest BCUT2D eigenvalue weighted by molar-refractivity contribution is 5.75. The number of hydrogen-bond donors (Lipinski definition) is 0. The van der Waals surface area contributed by atoms with Gasteiger partial charge in [-0.05, 0) is 6.92 Å². The molecule has 0 radical (unpaired) electrons. The van der Waals surface area contributed by atoms with Gasteiger partial charge in [0.25, 0.3) is 0 Å². The summed E-state index contributed by atoms with van der Waals surface area (Å²) in [4.78, 5) is 11.0. The summed E-state index contributed by atoms with van der Waals surface area (Å²) in [7, 11) is 0. The molecule has 0 aliphatic carbocycles. The minimum absolute atomic E-state index is 0.180. The number of ketones is 1. The molecule has 2 fully saturated rings. The Morgan fingerprint density at radius 1 is 1.31 bits per heavy atom. The Morgan fingerprint density at radius 3 is 2.69 bits per heavy atom. The van der Waals surface area contributed by atoms with Gasteiger partial charge in [0.15, 0.2) is 0 Å². The maximum atomic E-state index is 11.0. The van der Waals surface area contributed by atoms with Crippen LogP contribution in [0.15, 0.2) is 0 Å². The van der Waals surface area contributed by atoms with Crippen LogP contribution in [0.4, 0.5) is 0 Å². The normalized spacial score (nSPS) is 43.5. The van der Waals surface area contributed by atoms with Crippen LogP contribution in [0.5, 0.6) is 0 Å². The fraction of sp³-hybridized carbons (Fsp3) is 0.900. The smallest absolute Gasteiger partial charge is 0.130 e. The minimum Gasteiger partial charge on any atom is -0.375 e. The van der Waals surface area contributed by atoms with Crippen LogP contribution in [0, 0.1) is 11.8 Å². The molecule has 0 aromatic rings. The fourth-order valence-electron chi connectivity index (χ4n) is 2.31. The molecule has 0 N–H and O–H groups in total. The van der Waals surface area contributed by atoms with Crippen molar-refractivity contribution in [2.24, 2.45) is 11.8 Å². The van der Waals surface area contributed by atoms with E-state index in [-0.39, 0.29) is 18.0 Å². The van der Waals surface area contributed by atoms with E-state index in [0.717, 1.165) is 6.61 Å². The number of ether oxygens (including phenoxy) is 2. The van der Waals surface area contributed by atoms with E-state index in [2.05, 4.69) is 6.92 Å². The Bertz CT molecular complexity index is 214. The highest BCUT2D eigenvalue weighted by atomic mass is 16.6. The van der Waals surface area contributed by atoms with Crippen molar-refractivity contribution in [3.63, 3.8) is 0 Å². The number of carbonyl (C=O) groups excluding carboxylic acids is 1. The number of rotatable bonds is 2. The quantitative estimate of drug-likeness (QED) is 0.642. The van der Waals surface area contributed by atoms with Gasteiger partial charge < -0.3 is 14.3 Å². The molecule has 4 atom stereocenters. The summed E-state index contributed by atoms with van der Waals surface area (Å²) < 4.78 is 11.3. The first kappa shape index (κ1) is 9.16. The molecule has 2 aliphatic rings. The Hall–Kier alpha value is -0.410. The third kappa shape index (κ3) is 1.63. The molecule has 2 saturated heterocycles. The third-order valence-corrected chi connectivity index (χ3v) is 2.95. The lowest BCUT2D eigenvalue weighted by Gasteiger charge is -2.14. The van der Waals surface area contributed by atoms with Crippen molar-refractivity contribution in [3.8, 4) is 0 Å². The zero-order valence-corrected chi connectivity index (χ0v) is 8.16. The molecule has 0 saturated carbocycles. The van der Waals surface area contributed by atoms with Gasteiger partial charge in [-0.25, -0.2) is 0 Å². The summed E-state index contributed by atoms with van der Waals surface area (Å²) in [6, 6.07) is 0. The molecule has 74 valence electrons. The van der Waals surface area contributed by atoms with Gasteiger partial charge in [0.1, 0.15) is 5.78 Å². The van der Waals surface area contributed by atoms with Gasteiger partial charge in [-0.2, -0.15) is 0 Å². The second kappa shape index (κ2) is 3.39. The molecular formula is C10H16O3. The summed E-state index contributed by atoms with van der Waals surface area (Å²) in [5, 5.41) is 0. The number of Topliss-reactive ketones (excluding diaryl/α,β-unsaturated/α-hetero) is 1. The Labute approximate surface area is 78.4 Å². The summed E-state index contributed by atoms with van der Waals surface area (Å²) in [6.07, 6.45) is 1.02. The van der Waals surface area contributed by atoms with Crippen molar-refractivity contribution in [1.82, 2.24) is 0 Å². The monoisotopic (exact) mass is 184 g/mol. The second-order valence-electron chi connectivity index (χ2n) is 4.24. The first-order valence-corrected chi connectivity index (χ1v) is 4.91. The minimum atomic E-state index is 0.180. The van der Waals surface area contributed by atoms with Crippen LogP contribution < -0.4 is 0 Å². The lowest BCUT2D eigenvalue weighted by Crippen LogP contribution is -2.26. The zero-order chi connectivity index (χ0) is 9.42. The molecular weight excluding hydrogens is 168 g/mol. The van der Waals surface area contributed by atoms with Gasteiger partial charge in [-0.3, -0.25) is 0 Å². The molecule has 4 unspecified atom stereocenters. The third-order valence-electron chi connectivity index (χ3n) is 2.95. The van der Waals surface area contributed by atoms with Crippen molar-refractivity contribution in [3.05, 3.63) is 0 Å². The second-order valence-corrected chi connectivity index (χ2v) is 4.24. The van der Waals surface area contributed by atoms with Crippen LogP contribution in [0.3, 0.4) is 0 Å². The molecule has 0 aromatic carbocycles. The largest absolute Gasteiger partial charge is 0.375 e. The zero-order valence-electron chi connectivity index (χ0n) is 8.16. The highest BCUT2D eigenvalue weighted by Gasteiger charge is 2.45. The van der Waals surface area contributed by atoms with Crippen LogP contribution in [-0.2, 0) is 14.3 Å². The van der Waals surface area contributed by atoms with E-state index < -0.39 is 0 Å². The molecule has 0 spiro atoms. The first-order valence-electron chi connectivity index (χ1n) is 4.91. The topological polar surface area (TPSA) is 35.5 Å². The molecule has 3 nitrogen and oxygen atoms in total. The number of carbonyl (C=O) groups is 1. The molecule has 2 aliphatic heterocycles. The van der Waals surface area contributed by atoms with E-state index in [1.165, 1.54) is 0 Å². The van der Waals surface area contributed by atoms with E-state index in [4.69, 9.17) is 9.47 Å². The van der Waals surface area contributed by atoms with Gasteiger partial charge >= 0.3 is 0 Å². The molecule has 13 heavy (non-hydrogen) atoms. The van der Waals surface area contributed by atoms with Gasteiger partial charge in [0.2, 0.25) is 0 Å². The summed E-state index contributed by atoms with van der Waals surface area (Å²) >= 11 is 0. The Kier molecular flexibility index (Phi) is 2.39. The lowest BCUT2D eigenvalue weighted by molar-refractivity contribution is -0.118. The number of hydrogen-bond acceptors (Lipinski definition) is 3. The maximum absolute atomic E-state index is 11.0. The average Bonchev–Trinajstić information content (AvgIpc) is 2.56. The van der Waals surface area contributed by atoms with Crippen molar-refractivity contribution >= 4 is 5.78 Å². The van der Waals surface area contributed by atoms with Gasteiger partial charge in [0.05, 0.1) is 25.4 Å². The van der Waals surface area contributed by atoms with E-state index in [1.807, 2.05) is 0 Å². The van der Waals surface area contributed by atoms with Gasteiger partial charge in [0, 0.05) is 18.3 Å². The van der Waals surface area contributed by atoms with E-state index >= 15 is 0 Å². The average molecular weight is 184 g/mol. The Balaban J connectivity index is 1.98. The molecule has 2 rings (SSSR count). The SMILES string of the molecule is CC(=O)CC1COC2C(C)COC12. The van der Waals surface area contributed by atoms with Crippen LogP contribution in [0.1, 0.15) is 20.3 Å². The van der Waals surface area contributed by atoms with Crippen molar-refractivity contribution in [1.29, 1.82) is 0 Å².